The lowest BCUT2D eigenvalue weighted by Gasteiger charge is -2.07. The SMILES string of the molecule is Clc1cc(Cl)cc(NCc2ccc3[nH]ncc3c2)c1. The lowest BCUT2D eigenvalue weighted by molar-refractivity contribution is 1.12. The Morgan fingerprint density at radius 2 is 1.84 bits per heavy atom. The molecule has 0 bridgehead atoms. The predicted octanol–water partition coefficient (Wildman–Crippen LogP) is 4.48. The van der Waals surface area contributed by atoms with E-state index in [2.05, 4.69) is 27.6 Å². The van der Waals surface area contributed by atoms with E-state index in [0.717, 1.165) is 16.6 Å². The number of rotatable bonds is 3. The Morgan fingerprint density at radius 1 is 1.05 bits per heavy atom. The van der Waals surface area contributed by atoms with Crippen molar-refractivity contribution >= 4 is 39.8 Å². The molecule has 0 aliphatic rings. The Balaban J connectivity index is 1.77. The van der Waals surface area contributed by atoms with Gasteiger partial charge in [0.2, 0.25) is 0 Å². The fourth-order valence-corrected chi connectivity index (χ4v) is 2.49. The molecule has 0 saturated heterocycles. The normalized spacial score (nSPS) is 10.8. The van der Waals surface area contributed by atoms with Gasteiger partial charge >= 0.3 is 0 Å². The van der Waals surface area contributed by atoms with Gasteiger partial charge in [-0.1, -0.05) is 29.3 Å². The van der Waals surface area contributed by atoms with E-state index in [1.165, 1.54) is 5.56 Å². The van der Waals surface area contributed by atoms with Crippen molar-refractivity contribution in [1.29, 1.82) is 0 Å². The van der Waals surface area contributed by atoms with Gasteiger partial charge in [0.05, 0.1) is 11.7 Å². The number of halogens is 2. The summed E-state index contributed by atoms with van der Waals surface area (Å²) >= 11 is 11.9. The van der Waals surface area contributed by atoms with E-state index in [1.807, 2.05) is 24.4 Å². The highest BCUT2D eigenvalue weighted by molar-refractivity contribution is 6.35. The van der Waals surface area contributed by atoms with Gasteiger partial charge in [-0.15, -0.1) is 0 Å². The second kappa shape index (κ2) is 5.11. The van der Waals surface area contributed by atoms with Gasteiger partial charge < -0.3 is 5.32 Å². The molecule has 1 aromatic heterocycles. The minimum absolute atomic E-state index is 0.625. The van der Waals surface area contributed by atoms with Crippen LogP contribution in [0.2, 0.25) is 10.0 Å². The number of benzene rings is 2. The lowest BCUT2D eigenvalue weighted by Crippen LogP contribution is -1.99. The van der Waals surface area contributed by atoms with Crippen molar-refractivity contribution in [2.75, 3.05) is 5.32 Å². The topological polar surface area (TPSA) is 40.7 Å². The first-order chi connectivity index (χ1) is 9.20. The third-order valence-corrected chi connectivity index (χ3v) is 3.30. The zero-order valence-corrected chi connectivity index (χ0v) is 11.5. The van der Waals surface area contributed by atoms with Crippen LogP contribution in [0.15, 0.2) is 42.6 Å². The second-order valence-electron chi connectivity index (χ2n) is 4.30. The Bertz CT molecular complexity index is 701. The van der Waals surface area contributed by atoms with Crippen molar-refractivity contribution in [1.82, 2.24) is 10.2 Å². The summed E-state index contributed by atoms with van der Waals surface area (Å²) in [6.07, 6.45) is 1.81. The van der Waals surface area contributed by atoms with Gasteiger partial charge in [0.15, 0.2) is 0 Å². The molecular formula is C14H11Cl2N3. The number of nitrogens with zero attached hydrogens (tertiary/aromatic N) is 1. The molecule has 3 aromatic rings. The highest BCUT2D eigenvalue weighted by Crippen LogP contribution is 2.23. The van der Waals surface area contributed by atoms with Crippen LogP contribution in [0.25, 0.3) is 10.9 Å². The van der Waals surface area contributed by atoms with Crippen LogP contribution in [0.5, 0.6) is 0 Å². The van der Waals surface area contributed by atoms with Crippen LogP contribution in [0, 0.1) is 0 Å². The molecule has 96 valence electrons. The van der Waals surface area contributed by atoms with E-state index < -0.39 is 0 Å². The first kappa shape index (κ1) is 12.3. The minimum Gasteiger partial charge on any atom is -0.381 e. The van der Waals surface area contributed by atoms with Crippen LogP contribution in [0.1, 0.15) is 5.56 Å². The predicted molar refractivity (Wildman–Crippen MR) is 79.9 cm³/mol. The van der Waals surface area contributed by atoms with E-state index in [4.69, 9.17) is 23.2 Å². The van der Waals surface area contributed by atoms with Gasteiger partial charge in [-0.05, 0) is 35.9 Å². The van der Waals surface area contributed by atoms with Crippen molar-refractivity contribution in [2.24, 2.45) is 0 Å². The second-order valence-corrected chi connectivity index (χ2v) is 5.18. The third kappa shape index (κ3) is 2.83. The third-order valence-electron chi connectivity index (χ3n) is 2.86. The average Bonchev–Trinajstić information content (AvgIpc) is 2.82. The van der Waals surface area contributed by atoms with Crippen molar-refractivity contribution in [3.8, 4) is 0 Å². The van der Waals surface area contributed by atoms with Gasteiger partial charge in [-0.2, -0.15) is 5.10 Å². The Morgan fingerprint density at radius 3 is 2.63 bits per heavy atom. The molecule has 0 atom stereocenters. The molecule has 0 spiro atoms. The molecule has 3 rings (SSSR count). The highest BCUT2D eigenvalue weighted by atomic mass is 35.5. The molecule has 2 N–H and O–H groups in total. The van der Waals surface area contributed by atoms with Crippen molar-refractivity contribution in [3.05, 3.63) is 58.2 Å². The van der Waals surface area contributed by atoms with Gasteiger partial charge in [0.25, 0.3) is 0 Å². The zero-order chi connectivity index (χ0) is 13.2. The van der Waals surface area contributed by atoms with E-state index in [-0.39, 0.29) is 0 Å². The first-order valence-corrected chi connectivity index (χ1v) is 6.58. The maximum absolute atomic E-state index is 5.96. The summed E-state index contributed by atoms with van der Waals surface area (Å²) < 4.78 is 0. The average molecular weight is 292 g/mol. The molecule has 2 aromatic carbocycles. The number of hydrogen-bond donors (Lipinski definition) is 2. The number of anilines is 1. The quantitative estimate of drug-likeness (QED) is 0.747. The summed E-state index contributed by atoms with van der Waals surface area (Å²) in [5.74, 6) is 0. The van der Waals surface area contributed by atoms with Gasteiger partial charge in [0, 0.05) is 27.7 Å². The van der Waals surface area contributed by atoms with Crippen molar-refractivity contribution in [3.63, 3.8) is 0 Å². The number of aromatic amines is 1. The molecule has 19 heavy (non-hydrogen) atoms. The standard InChI is InChI=1S/C14H11Cl2N3/c15-11-4-12(16)6-13(5-11)17-7-9-1-2-14-10(3-9)8-18-19-14/h1-6,8,17H,7H2,(H,18,19). The molecule has 0 fully saturated rings. The molecule has 0 aliphatic carbocycles. The summed E-state index contributed by atoms with van der Waals surface area (Å²) in [6.45, 7) is 0.706. The number of aromatic nitrogens is 2. The van der Waals surface area contributed by atoms with Crippen molar-refractivity contribution < 1.29 is 0 Å². The smallest absolute Gasteiger partial charge is 0.0650 e. The van der Waals surface area contributed by atoms with E-state index in [0.29, 0.717) is 16.6 Å². The summed E-state index contributed by atoms with van der Waals surface area (Å²) in [5.41, 5.74) is 3.12. The molecule has 1 heterocycles. The van der Waals surface area contributed by atoms with E-state index in [1.54, 1.807) is 6.07 Å². The summed E-state index contributed by atoms with van der Waals surface area (Å²) in [6, 6.07) is 11.6. The monoisotopic (exact) mass is 291 g/mol. The molecule has 0 unspecified atom stereocenters. The van der Waals surface area contributed by atoms with Crippen LogP contribution >= 0.6 is 23.2 Å². The van der Waals surface area contributed by atoms with Crippen LogP contribution in [-0.4, -0.2) is 10.2 Å². The Labute approximate surface area is 120 Å². The largest absolute Gasteiger partial charge is 0.381 e. The van der Waals surface area contributed by atoms with Crippen LogP contribution in [0.3, 0.4) is 0 Å². The first-order valence-electron chi connectivity index (χ1n) is 5.83. The van der Waals surface area contributed by atoms with E-state index in [9.17, 15) is 0 Å². The van der Waals surface area contributed by atoms with Crippen LogP contribution in [0.4, 0.5) is 5.69 Å². The molecule has 0 amide bonds. The number of H-pyrrole nitrogens is 1. The van der Waals surface area contributed by atoms with Crippen molar-refractivity contribution in [2.45, 2.75) is 6.54 Å². The summed E-state index contributed by atoms with van der Waals surface area (Å²) in [4.78, 5) is 0. The zero-order valence-electron chi connectivity index (χ0n) is 9.95. The van der Waals surface area contributed by atoms with Gasteiger partial charge in [0.1, 0.15) is 0 Å². The fourth-order valence-electron chi connectivity index (χ4n) is 1.96. The molecular weight excluding hydrogens is 281 g/mol. The van der Waals surface area contributed by atoms with E-state index >= 15 is 0 Å². The van der Waals surface area contributed by atoms with Crippen LogP contribution in [-0.2, 0) is 6.54 Å². The Kier molecular flexibility index (Phi) is 3.32. The molecule has 0 saturated carbocycles. The maximum atomic E-state index is 5.96. The Hall–Kier alpha value is -1.71. The number of nitrogens with one attached hydrogen (secondary N) is 2. The van der Waals surface area contributed by atoms with Gasteiger partial charge in [-0.25, -0.2) is 0 Å². The maximum Gasteiger partial charge on any atom is 0.0650 e. The highest BCUT2D eigenvalue weighted by Gasteiger charge is 2.00. The van der Waals surface area contributed by atoms with Gasteiger partial charge in [-0.3, -0.25) is 5.10 Å². The van der Waals surface area contributed by atoms with Crippen LogP contribution < -0.4 is 5.32 Å². The summed E-state index contributed by atoms with van der Waals surface area (Å²) in [5, 5.41) is 12.6. The minimum atomic E-state index is 0.625. The molecule has 5 heteroatoms. The molecule has 3 nitrogen and oxygen atoms in total. The lowest BCUT2D eigenvalue weighted by atomic mass is 10.1. The molecule has 0 radical (unpaired) electrons. The number of hydrogen-bond acceptors (Lipinski definition) is 2. The fraction of sp³-hybridized carbons (Fsp3) is 0.0714. The molecule has 0 aliphatic heterocycles. The number of fused-ring (bicyclic) bond motifs is 1. The summed E-state index contributed by atoms with van der Waals surface area (Å²) in [7, 11) is 0.